The average Bonchev–Trinajstić information content (AvgIpc) is 2.78. The maximum absolute atomic E-state index is 12.7. The van der Waals surface area contributed by atoms with E-state index in [0.717, 1.165) is 12.7 Å². The van der Waals surface area contributed by atoms with Gasteiger partial charge in [-0.3, -0.25) is 0 Å². The van der Waals surface area contributed by atoms with Crippen molar-refractivity contribution in [3.05, 3.63) is 30.0 Å². The summed E-state index contributed by atoms with van der Waals surface area (Å²) in [4.78, 5) is 8.10. The number of hydrogen-bond donors (Lipinski definition) is 1. The summed E-state index contributed by atoms with van der Waals surface area (Å²) >= 11 is 0. The summed E-state index contributed by atoms with van der Waals surface area (Å²) in [7, 11) is 0. The summed E-state index contributed by atoms with van der Waals surface area (Å²) in [6.07, 6.45) is 1.79. The first-order valence-corrected chi connectivity index (χ1v) is 5.83. The van der Waals surface area contributed by atoms with E-state index in [9.17, 15) is 4.39 Å². The zero-order chi connectivity index (χ0) is 13.0. The van der Waals surface area contributed by atoms with Crippen molar-refractivity contribution in [1.29, 1.82) is 0 Å². The highest BCUT2D eigenvalue weighted by atomic mass is 19.1. The summed E-state index contributed by atoms with van der Waals surface area (Å²) in [5, 5.41) is 7.07. The molecule has 96 valence electrons. The second kappa shape index (κ2) is 5.68. The predicted octanol–water partition coefficient (Wildman–Crippen LogP) is 1.81. The molecule has 2 rings (SSSR count). The number of halogens is 1. The Morgan fingerprint density at radius 1 is 1.39 bits per heavy atom. The van der Waals surface area contributed by atoms with Gasteiger partial charge in [-0.1, -0.05) is 19.0 Å². The Bertz CT molecular complexity index is 495. The SMILES string of the molecule is CC(C)NCCc1nc(-c2ccc(F)cn2)no1. The third kappa shape index (κ3) is 3.33. The monoisotopic (exact) mass is 250 g/mol. The molecule has 5 nitrogen and oxygen atoms in total. The Kier molecular flexibility index (Phi) is 3.99. The Morgan fingerprint density at radius 3 is 2.89 bits per heavy atom. The normalized spacial score (nSPS) is 11.1. The third-order valence-corrected chi connectivity index (χ3v) is 2.32. The van der Waals surface area contributed by atoms with Crippen LogP contribution in [0.2, 0.25) is 0 Å². The van der Waals surface area contributed by atoms with Crippen LogP contribution in [0.5, 0.6) is 0 Å². The minimum atomic E-state index is -0.386. The van der Waals surface area contributed by atoms with Gasteiger partial charge in [0.1, 0.15) is 11.5 Å². The minimum Gasteiger partial charge on any atom is -0.339 e. The molecule has 0 saturated heterocycles. The summed E-state index contributed by atoms with van der Waals surface area (Å²) in [6.45, 7) is 4.92. The van der Waals surface area contributed by atoms with E-state index in [1.165, 1.54) is 12.1 Å². The van der Waals surface area contributed by atoms with Crippen molar-refractivity contribution in [2.45, 2.75) is 26.3 Å². The second-order valence-electron chi connectivity index (χ2n) is 4.23. The topological polar surface area (TPSA) is 63.8 Å². The molecule has 0 atom stereocenters. The molecule has 0 aromatic carbocycles. The fraction of sp³-hybridized carbons (Fsp3) is 0.417. The van der Waals surface area contributed by atoms with Gasteiger partial charge in [-0.2, -0.15) is 4.98 Å². The van der Waals surface area contributed by atoms with E-state index in [1.807, 2.05) is 0 Å². The highest BCUT2D eigenvalue weighted by Gasteiger charge is 2.09. The molecule has 2 aromatic rings. The van der Waals surface area contributed by atoms with Crippen molar-refractivity contribution < 1.29 is 8.91 Å². The van der Waals surface area contributed by atoms with Crippen LogP contribution in [0.15, 0.2) is 22.9 Å². The molecule has 0 fully saturated rings. The van der Waals surface area contributed by atoms with Gasteiger partial charge in [0.05, 0.1) is 6.20 Å². The van der Waals surface area contributed by atoms with Gasteiger partial charge in [-0.15, -0.1) is 0 Å². The number of aromatic nitrogens is 3. The van der Waals surface area contributed by atoms with Gasteiger partial charge >= 0.3 is 0 Å². The molecule has 0 amide bonds. The molecule has 0 bridgehead atoms. The molecule has 2 heterocycles. The largest absolute Gasteiger partial charge is 0.339 e. The molecule has 0 saturated carbocycles. The van der Waals surface area contributed by atoms with E-state index < -0.39 is 0 Å². The first-order chi connectivity index (χ1) is 8.65. The predicted molar refractivity (Wildman–Crippen MR) is 64.3 cm³/mol. The summed E-state index contributed by atoms with van der Waals surface area (Å²) in [5.41, 5.74) is 0.503. The van der Waals surface area contributed by atoms with Crippen molar-refractivity contribution >= 4 is 0 Å². The van der Waals surface area contributed by atoms with Crippen LogP contribution < -0.4 is 5.32 Å². The van der Waals surface area contributed by atoms with Crippen LogP contribution in [-0.4, -0.2) is 27.7 Å². The first-order valence-electron chi connectivity index (χ1n) is 5.83. The number of nitrogens with one attached hydrogen (secondary N) is 1. The van der Waals surface area contributed by atoms with Crippen LogP contribution in [0, 0.1) is 5.82 Å². The maximum Gasteiger partial charge on any atom is 0.228 e. The number of pyridine rings is 1. The van der Waals surface area contributed by atoms with E-state index in [1.54, 1.807) is 0 Å². The Hall–Kier alpha value is -1.82. The summed E-state index contributed by atoms with van der Waals surface area (Å²) in [6, 6.07) is 3.26. The van der Waals surface area contributed by atoms with Crippen molar-refractivity contribution in [2.24, 2.45) is 0 Å². The lowest BCUT2D eigenvalue weighted by atomic mass is 10.3. The fourth-order valence-electron chi connectivity index (χ4n) is 1.44. The van der Waals surface area contributed by atoms with Gasteiger partial charge in [0.2, 0.25) is 11.7 Å². The maximum atomic E-state index is 12.7. The molecule has 0 unspecified atom stereocenters. The van der Waals surface area contributed by atoms with Gasteiger partial charge < -0.3 is 9.84 Å². The highest BCUT2D eigenvalue weighted by molar-refractivity contribution is 5.47. The van der Waals surface area contributed by atoms with Gasteiger partial charge in [0, 0.05) is 19.0 Å². The van der Waals surface area contributed by atoms with Crippen molar-refractivity contribution in [3.63, 3.8) is 0 Å². The van der Waals surface area contributed by atoms with E-state index in [-0.39, 0.29) is 5.82 Å². The van der Waals surface area contributed by atoms with E-state index in [0.29, 0.717) is 29.9 Å². The molecule has 0 radical (unpaired) electrons. The van der Waals surface area contributed by atoms with Gasteiger partial charge in [-0.25, -0.2) is 9.37 Å². The van der Waals surface area contributed by atoms with Crippen LogP contribution in [-0.2, 0) is 6.42 Å². The van der Waals surface area contributed by atoms with Gasteiger partial charge in [-0.05, 0) is 12.1 Å². The van der Waals surface area contributed by atoms with Crippen molar-refractivity contribution in [2.75, 3.05) is 6.54 Å². The lowest BCUT2D eigenvalue weighted by Gasteiger charge is -2.04. The molecular weight excluding hydrogens is 235 g/mol. The standard InChI is InChI=1S/C12H15FN4O/c1-8(2)14-6-5-11-16-12(17-18-11)10-4-3-9(13)7-15-10/h3-4,7-8,14H,5-6H2,1-2H3. The van der Waals surface area contributed by atoms with E-state index in [4.69, 9.17) is 4.52 Å². The molecule has 18 heavy (non-hydrogen) atoms. The molecule has 0 spiro atoms. The molecule has 2 aromatic heterocycles. The van der Waals surface area contributed by atoms with Crippen LogP contribution >= 0.6 is 0 Å². The van der Waals surface area contributed by atoms with Crippen molar-refractivity contribution in [1.82, 2.24) is 20.4 Å². The molecule has 6 heteroatoms. The number of hydrogen-bond acceptors (Lipinski definition) is 5. The van der Waals surface area contributed by atoms with Gasteiger partial charge in [0.25, 0.3) is 0 Å². The van der Waals surface area contributed by atoms with Gasteiger partial charge in [0.15, 0.2) is 0 Å². The highest BCUT2D eigenvalue weighted by Crippen LogP contribution is 2.12. The van der Waals surface area contributed by atoms with Crippen LogP contribution in [0.1, 0.15) is 19.7 Å². The fourth-order valence-corrected chi connectivity index (χ4v) is 1.44. The first kappa shape index (κ1) is 12.6. The summed E-state index contributed by atoms with van der Waals surface area (Å²) < 4.78 is 17.8. The minimum absolute atomic E-state index is 0.384. The molecule has 0 aliphatic rings. The summed E-state index contributed by atoms with van der Waals surface area (Å²) in [5.74, 6) is 0.544. The van der Waals surface area contributed by atoms with E-state index in [2.05, 4.69) is 34.3 Å². The lowest BCUT2D eigenvalue weighted by Crippen LogP contribution is -2.25. The molecule has 1 N–H and O–H groups in total. The van der Waals surface area contributed by atoms with Crippen LogP contribution in [0.25, 0.3) is 11.5 Å². The van der Waals surface area contributed by atoms with Crippen LogP contribution in [0.4, 0.5) is 4.39 Å². The van der Waals surface area contributed by atoms with Crippen LogP contribution in [0.3, 0.4) is 0 Å². The number of nitrogens with zero attached hydrogens (tertiary/aromatic N) is 3. The third-order valence-electron chi connectivity index (χ3n) is 2.32. The second-order valence-corrected chi connectivity index (χ2v) is 4.23. The Labute approximate surface area is 104 Å². The quantitative estimate of drug-likeness (QED) is 0.876. The average molecular weight is 250 g/mol. The zero-order valence-corrected chi connectivity index (χ0v) is 10.4. The molecule has 0 aliphatic heterocycles. The van der Waals surface area contributed by atoms with E-state index >= 15 is 0 Å². The lowest BCUT2D eigenvalue weighted by molar-refractivity contribution is 0.374. The van der Waals surface area contributed by atoms with Crippen molar-refractivity contribution in [3.8, 4) is 11.5 Å². The Morgan fingerprint density at radius 2 is 2.22 bits per heavy atom. The number of rotatable bonds is 5. The molecule has 0 aliphatic carbocycles. The Balaban J connectivity index is 1.99. The molecular formula is C12H15FN4O. The zero-order valence-electron chi connectivity index (χ0n) is 10.4. The smallest absolute Gasteiger partial charge is 0.228 e.